The van der Waals surface area contributed by atoms with Crippen LogP contribution in [0.25, 0.3) is 0 Å². The number of carbonyl (C=O) groups excluding carboxylic acids is 2. The van der Waals surface area contributed by atoms with Crippen LogP contribution in [0.2, 0.25) is 0 Å². The molecule has 0 aliphatic rings. The minimum atomic E-state index is -0.320. The van der Waals surface area contributed by atoms with E-state index in [-0.39, 0.29) is 17.8 Å². The second kappa shape index (κ2) is 11.5. The Morgan fingerprint density at radius 3 is 2.65 bits per heavy atom. The lowest BCUT2D eigenvalue weighted by Gasteiger charge is -2.25. The number of allylic oxidation sites excluding steroid dienone is 1. The zero-order valence-corrected chi connectivity index (χ0v) is 12.9. The number of carbonyl (C=O) groups is 2. The summed E-state index contributed by atoms with van der Waals surface area (Å²) < 4.78 is 9.97. The fraction of sp³-hybridized carbons (Fsp3) is 0.733. The molecule has 0 rings (SSSR count). The first-order valence-electron chi connectivity index (χ1n) is 7.11. The van der Waals surface area contributed by atoms with Crippen molar-refractivity contribution in [3.05, 3.63) is 12.7 Å². The molecule has 0 bridgehead atoms. The first-order valence-corrected chi connectivity index (χ1v) is 7.11. The summed E-state index contributed by atoms with van der Waals surface area (Å²) >= 11 is 0. The van der Waals surface area contributed by atoms with E-state index in [4.69, 9.17) is 9.47 Å². The van der Waals surface area contributed by atoms with Crippen LogP contribution in [0.15, 0.2) is 12.7 Å². The minimum absolute atomic E-state index is 0.0390. The molecule has 0 aliphatic heterocycles. The van der Waals surface area contributed by atoms with Crippen LogP contribution in [0.4, 0.5) is 0 Å². The third-order valence-electron chi connectivity index (χ3n) is 2.93. The molecule has 20 heavy (non-hydrogen) atoms. The molecule has 0 aromatic rings. The molecule has 0 saturated carbocycles. The first kappa shape index (κ1) is 18.6. The van der Waals surface area contributed by atoms with Gasteiger partial charge in [0.2, 0.25) is 5.91 Å². The van der Waals surface area contributed by atoms with E-state index in [0.29, 0.717) is 39.1 Å². The van der Waals surface area contributed by atoms with Crippen molar-refractivity contribution < 1.29 is 19.1 Å². The lowest BCUT2D eigenvalue weighted by Crippen LogP contribution is -2.38. The summed E-state index contributed by atoms with van der Waals surface area (Å²) in [6.07, 6.45) is 3.56. The quantitative estimate of drug-likeness (QED) is 0.331. The van der Waals surface area contributed by atoms with Crippen LogP contribution in [0.1, 0.15) is 33.1 Å². The summed E-state index contributed by atoms with van der Waals surface area (Å²) in [4.78, 5) is 25.3. The minimum Gasteiger partial charge on any atom is -0.469 e. The van der Waals surface area contributed by atoms with Gasteiger partial charge >= 0.3 is 5.97 Å². The van der Waals surface area contributed by atoms with E-state index in [1.54, 1.807) is 17.9 Å². The van der Waals surface area contributed by atoms with E-state index in [9.17, 15) is 9.59 Å². The SMILES string of the molecule is C=CCCC(=O)N(CCCOCC)CC(C)C(=O)OC. The van der Waals surface area contributed by atoms with Crippen LogP contribution in [-0.4, -0.2) is 50.2 Å². The van der Waals surface area contributed by atoms with Crippen molar-refractivity contribution in [3.63, 3.8) is 0 Å². The predicted molar refractivity (Wildman–Crippen MR) is 78.3 cm³/mol. The molecule has 0 aliphatic carbocycles. The van der Waals surface area contributed by atoms with E-state index >= 15 is 0 Å². The predicted octanol–water partition coefficient (Wildman–Crippen LogP) is 2.02. The Hall–Kier alpha value is -1.36. The van der Waals surface area contributed by atoms with Gasteiger partial charge in [-0.25, -0.2) is 0 Å². The second-order valence-electron chi connectivity index (χ2n) is 4.64. The van der Waals surface area contributed by atoms with E-state index in [1.165, 1.54) is 7.11 Å². The van der Waals surface area contributed by atoms with Gasteiger partial charge < -0.3 is 14.4 Å². The van der Waals surface area contributed by atoms with Gasteiger partial charge in [0.25, 0.3) is 0 Å². The highest BCUT2D eigenvalue weighted by Gasteiger charge is 2.20. The summed E-state index contributed by atoms with van der Waals surface area (Å²) in [6.45, 7) is 9.59. The van der Waals surface area contributed by atoms with Crippen LogP contribution in [-0.2, 0) is 19.1 Å². The van der Waals surface area contributed by atoms with Crippen molar-refractivity contribution in [3.8, 4) is 0 Å². The molecule has 1 unspecified atom stereocenters. The van der Waals surface area contributed by atoms with Gasteiger partial charge in [0, 0.05) is 32.7 Å². The maximum absolute atomic E-state index is 12.1. The average Bonchev–Trinajstić information content (AvgIpc) is 2.46. The number of amides is 1. The highest BCUT2D eigenvalue weighted by Crippen LogP contribution is 2.07. The summed E-state index contributed by atoms with van der Waals surface area (Å²) in [5, 5.41) is 0. The molecule has 116 valence electrons. The number of ether oxygens (including phenoxy) is 2. The first-order chi connectivity index (χ1) is 9.56. The van der Waals surface area contributed by atoms with Gasteiger partial charge in [0.15, 0.2) is 0 Å². The van der Waals surface area contributed by atoms with Crippen LogP contribution in [0.5, 0.6) is 0 Å². The number of esters is 1. The van der Waals surface area contributed by atoms with Gasteiger partial charge in [-0.2, -0.15) is 0 Å². The Bertz CT molecular complexity index is 304. The molecule has 0 fully saturated rings. The van der Waals surface area contributed by atoms with E-state index in [2.05, 4.69) is 6.58 Å². The number of nitrogens with zero attached hydrogens (tertiary/aromatic N) is 1. The van der Waals surface area contributed by atoms with Gasteiger partial charge in [-0.05, 0) is 19.8 Å². The molecule has 0 spiro atoms. The van der Waals surface area contributed by atoms with Crippen molar-refractivity contribution in [1.29, 1.82) is 0 Å². The molecular weight excluding hydrogens is 258 g/mol. The largest absolute Gasteiger partial charge is 0.469 e. The number of hydrogen-bond acceptors (Lipinski definition) is 4. The average molecular weight is 285 g/mol. The Kier molecular flexibility index (Phi) is 10.7. The van der Waals surface area contributed by atoms with Crippen LogP contribution in [0, 0.1) is 5.92 Å². The van der Waals surface area contributed by atoms with Gasteiger partial charge in [-0.1, -0.05) is 13.0 Å². The number of hydrogen-bond donors (Lipinski definition) is 0. The maximum Gasteiger partial charge on any atom is 0.310 e. The van der Waals surface area contributed by atoms with Crippen molar-refractivity contribution in [2.24, 2.45) is 5.92 Å². The molecule has 5 nitrogen and oxygen atoms in total. The zero-order valence-electron chi connectivity index (χ0n) is 12.9. The lowest BCUT2D eigenvalue weighted by atomic mass is 10.1. The summed E-state index contributed by atoms with van der Waals surface area (Å²) in [7, 11) is 1.36. The van der Waals surface area contributed by atoms with Crippen LogP contribution < -0.4 is 0 Å². The van der Waals surface area contributed by atoms with Crippen molar-refractivity contribution in [2.45, 2.75) is 33.1 Å². The Morgan fingerprint density at radius 2 is 2.10 bits per heavy atom. The highest BCUT2D eigenvalue weighted by molar-refractivity contribution is 5.78. The van der Waals surface area contributed by atoms with Gasteiger partial charge in [-0.3, -0.25) is 9.59 Å². The van der Waals surface area contributed by atoms with Gasteiger partial charge in [0.1, 0.15) is 0 Å². The fourth-order valence-corrected chi connectivity index (χ4v) is 1.81. The summed E-state index contributed by atoms with van der Waals surface area (Å²) in [6, 6.07) is 0. The fourth-order valence-electron chi connectivity index (χ4n) is 1.81. The zero-order chi connectivity index (χ0) is 15.4. The molecule has 0 aromatic carbocycles. The maximum atomic E-state index is 12.1. The summed E-state index contributed by atoms with van der Waals surface area (Å²) in [5.41, 5.74) is 0. The van der Waals surface area contributed by atoms with Gasteiger partial charge in [-0.15, -0.1) is 6.58 Å². The van der Waals surface area contributed by atoms with Crippen molar-refractivity contribution in [1.82, 2.24) is 4.90 Å². The number of methoxy groups -OCH3 is 1. The molecule has 0 N–H and O–H groups in total. The van der Waals surface area contributed by atoms with Gasteiger partial charge in [0.05, 0.1) is 13.0 Å². The monoisotopic (exact) mass is 285 g/mol. The normalized spacial score (nSPS) is 11.8. The molecule has 0 radical (unpaired) electrons. The Balaban J connectivity index is 4.40. The van der Waals surface area contributed by atoms with E-state index in [1.807, 2.05) is 6.92 Å². The molecule has 0 heterocycles. The second-order valence-corrected chi connectivity index (χ2v) is 4.64. The highest BCUT2D eigenvalue weighted by atomic mass is 16.5. The third-order valence-corrected chi connectivity index (χ3v) is 2.93. The standard InChI is InChI=1S/C15H27NO4/c1-5-7-9-14(17)16(10-8-11-20-6-2)12-13(3)15(18)19-4/h5,13H,1,6-12H2,2-4H3. The van der Waals surface area contributed by atoms with Crippen LogP contribution in [0.3, 0.4) is 0 Å². The van der Waals surface area contributed by atoms with Crippen molar-refractivity contribution >= 4 is 11.9 Å². The third kappa shape index (κ3) is 7.94. The van der Waals surface area contributed by atoms with Crippen LogP contribution >= 0.6 is 0 Å². The smallest absolute Gasteiger partial charge is 0.310 e. The molecule has 5 heteroatoms. The Labute approximate surface area is 121 Å². The number of rotatable bonds is 11. The molecule has 1 amide bonds. The van der Waals surface area contributed by atoms with E-state index < -0.39 is 0 Å². The summed E-state index contributed by atoms with van der Waals surface area (Å²) in [5.74, 6) is -0.576. The Morgan fingerprint density at radius 1 is 1.40 bits per heavy atom. The molecule has 0 aromatic heterocycles. The molecule has 1 atom stereocenters. The van der Waals surface area contributed by atoms with E-state index in [0.717, 1.165) is 6.42 Å². The topological polar surface area (TPSA) is 55.8 Å². The van der Waals surface area contributed by atoms with Crippen molar-refractivity contribution in [2.75, 3.05) is 33.4 Å². The lowest BCUT2D eigenvalue weighted by molar-refractivity contribution is -0.146. The molecular formula is C15H27NO4. The molecule has 0 saturated heterocycles.